The molecule has 0 radical (unpaired) electrons. The second-order valence-corrected chi connectivity index (χ2v) is 18.7. The van der Waals surface area contributed by atoms with E-state index in [9.17, 15) is 28.3 Å². The van der Waals surface area contributed by atoms with Crippen molar-refractivity contribution in [2.75, 3.05) is 46.1 Å². The third-order valence-corrected chi connectivity index (χ3v) is 12.9. The number of alkyl halides is 2. The number of aliphatic hydroxyl groups is 1. The number of para-hydroxylation sites is 1. The average molecular weight is 916 g/mol. The van der Waals surface area contributed by atoms with Crippen molar-refractivity contribution in [3.63, 3.8) is 0 Å². The van der Waals surface area contributed by atoms with E-state index < -0.39 is 47.9 Å². The second-order valence-electron chi connectivity index (χ2n) is 17.8. The number of aromatic amines is 1. The van der Waals surface area contributed by atoms with E-state index in [4.69, 9.17) is 14.2 Å². The van der Waals surface area contributed by atoms with Crippen molar-refractivity contribution in [1.29, 1.82) is 0 Å². The van der Waals surface area contributed by atoms with Gasteiger partial charge in [-0.15, -0.1) is 11.3 Å². The van der Waals surface area contributed by atoms with Crippen molar-refractivity contribution in [1.82, 2.24) is 35.4 Å². The van der Waals surface area contributed by atoms with Gasteiger partial charge in [0, 0.05) is 55.4 Å². The number of H-pyrrole nitrogens is 1. The molecule has 4 N–H and O–H groups in total. The van der Waals surface area contributed by atoms with Crippen molar-refractivity contribution in [2.45, 2.75) is 97.1 Å². The Bertz CT molecular complexity index is 2390. The lowest BCUT2D eigenvalue weighted by Crippen LogP contribution is -2.58. The minimum absolute atomic E-state index is 0.0234. The van der Waals surface area contributed by atoms with Gasteiger partial charge < -0.3 is 39.8 Å². The maximum Gasteiger partial charge on any atom is 0.251 e. The topological polar surface area (TPSA) is 171 Å². The number of hydrogen-bond donors (Lipinski definition) is 4. The molecule has 1 unspecified atom stereocenters. The summed E-state index contributed by atoms with van der Waals surface area (Å²) in [6.45, 7) is 10.2. The Morgan fingerprint density at radius 1 is 1.00 bits per heavy atom. The minimum Gasteiger partial charge on any atom is -0.490 e. The molecule has 2 aliphatic heterocycles. The maximum absolute atomic E-state index is 14.0. The van der Waals surface area contributed by atoms with E-state index in [0.717, 1.165) is 43.9 Å². The number of pyridine rings is 1. The number of rotatable bonds is 19. The van der Waals surface area contributed by atoms with Crippen molar-refractivity contribution >= 4 is 40.0 Å². The quantitative estimate of drug-likeness (QED) is 0.0699. The van der Waals surface area contributed by atoms with Gasteiger partial charge in [0.1, 0.15) is 31.0 Å². The molecule has 5 atom stereocenters. The van der Waals surface area contributed by atoms with Crippen LogP contribution < -0.4 is 15.4 Å². The smallest absolute Gasteiger partial charge is 0.251 e. The summed E-state index contributed by atoms with van der Waals surface area (Å²) in [5.74, 6) is -0.781. The number of carbonyl (C=O) groups is 3. The monoisotopic (exact) mass is 915 g/mol. The van der Waals surface area contributed by atoms with E-state index in [0.29, 0.717) is 37.5 Å². The summed E-state index contributed by atoms with van der Waals surface area (Å²) in [6.07, 6.45) is -0.504. The van der Waals surface area contributed by atoms with Gasteiger partial charge >= 0.3 is 0 Å². The van der Waals surface area contributed by atoms with Crippen LogP contribution in [0.25, 0.3) is 21.3 Å². The van der Waals surface area contributed by atoms with E-state index in [1.165, 1.54) is 4.90 Å². The number of hydrogen-bond acceptors (Lipinski definition) is 11. The third-order valence-electron chi connectivity index (χ3n) is 11.9. The normalized spacial score (nSPS) is 19.4. The first kappa shape index (κ1) is 47.6. The van der Waals surface area contributed by atoms with Gasteiger partial charge in [0.15, 0.2) is 0 Å². The number of likely N-dealkylation sites (tertiary alicyclic amines) is 1. The number of thiazole rings is 1. The first-order valence-corrected chi connectivity index (χ1v) is 23.0. The zero-order chi connectivity index (χ0) is 46.3. The lowest BCUT2D eigenvalue weighted by Gasteiger charge is -2.40. The van der Waals surface area contributed by atoms with Gasteiger partial charge in [-0.1, -0.05) is 63.2 Å². The summed E-state index contributed by atoms with van der Waals surface area (Å²) >= 11 is 1.57. The molecule has 3 amide bonds. The number of amides is 3. The average Bonchev–Trinajstić information content (AvgIpc) is 4.00. The lowest BCUT2D eigenvalue weighted by atomic mass is 9.85. The van der Waals surface area contributed by atoms with Gasteiger partial charge in [-0.3, -0.25) is 24.3 Å². The molecule has 14 nitrogen and oxygen atoms in total. The van der Waals surface area contributed by atoms with Gasteiger partial charge in [-0.25, -0.2) is 13.8 Å². The van der Waals surface area contributed by atoms with Crippen LogP contribution in [0.15, 0.2) is 72.4 Å². The van der Waals surface area contributed by atoms with Gasteiger partial charge in [-0.2, -0.15) is 0 Å². The van der Waals surface area contributed by atoms with Crippen LogP contribution >= 0.6 is 11.3 Å². The molecule has 7 rings (SSSR count). The number of aromatic nitrogens is 3. The molecule has 348 valence electrons. The fourth-order valence-electron chi connectivity index (χ4n) is 8.64. The Labute approximate surface area is 382 Å². The molecule has 65 heavy (non-hydrogen) atoms. The molecule has 2 aliphatic rings. The number of ether oxygens (including phenoxy) is 3. The molecule has 1 saturated heterocycles. The number of halogens is 2. The molecule has 0 aliphatic carbocycles. The largest absolute Gasteiger partial charge is 0.490 e. The number of β-amino-alcohol motifs (C(OH)–C–C–N with tert-alkyl or cyclic N) is 1. The number of fused-ring (bicyclic) bond motifs is 3. The van der Waals surface area contributed by atoms with E-state index >= 15 is 0 Å². The van der Waals surface area contributed by atoms with E-state index in [1.54, 1.807) is 23.6 Å². The van der Waals surface area contributed by atoms with Crippen LogP contribution in [0.2, 0.25) is 0 Å². The molecule has 0 bridgehead atoms. The fourth-order valence-corrected chi connectivity index (χ4v) is 9.45. The molecule has 5 aromatic rings. The Hall–Kier alpha value is -5.33. The van der Waals surface area contributed by atoms with E-state index in [-0.39, 0.29) is 57.8 Å². The number of aryl methyl sites for hydroxylation is 1. The summed E-state index contributed by atoms with van der Waals surface area (Å²) in [5, 5.41) is 17.4. The highest BCUT2D eigenvalue weighted by Gasteiger charge is 2.44. The van der Waals surface area contributed by atoms with Crippen LogP contribution in [0, 0.1) is 12.3 Å². The predicted octanol–water partition coefficient (Wildman–Crippen LogP) is 6.21. The van der Waals surface area contributed by atoms with E-state index in [2.05, 4.69) is 31.7 Å². The first-order valence-electron chi connectivity index (χ1n) is 22.1. The summed E-state index contributed by atoms with van der Waals surface area (Å²) in [7, 11) is 0. The SMILES string of the molecule is Cc1ncsc1-c1ccc(CNC(=O)[C@@H]2C[C@@H](O)CN2C(=O)C(NC(=O)COCCCOCCOc2ccc([C@@H]3c4[nH]c5ccccc5c4C[C@@H](C)N3CC(F)F)nc2)C(C)(C)C)cc1. The fraction of sp³-hybridized carbons (Fsp3) is 0.479. The molecular weight excluding hydrogens is 857 g/mol. The molecule has 0 spiro atoms. The molecule has 3 aromatic heterocycles. The summed E-state index contributed by atoms with van der Waals surface area (Å²) < 4.78 is 44.7. The van der Waals surface area contributed by atoms with Crippen LogP contribution in [-0.4, -0.2) is 124 Å². The van der Waals surface area contributed by atoms with Gasteiger partial charge in [0.05, 0.1) is 53.3 Å². The van der Waals surface area contributed by atoms with Crippen LogP contribution in [0.5, 0.6) is 5.75 Å². The highest BCUT2D eigenvalue weighted by atomic mass is 32.1. The standard InChI is InChI=1S/C48H59F2N7O7S/c1-29-21-36-35-9-6-7-10-37(35)54-42(36)43(56(29)26-40(49)50)38-16-15-34(24-51-38)64-20-19-62-17-8-18-63-27-41(59)55-45(48(3,4)5)47(61)57-25-33(58)22-39(57)46(60)52-23-31-11-13-32(14-12-31)44-30(2)53-28-65-44/h6-7,9-16,24,28-29,33,39-40,43,45,54,58H,8,17-23,25-27H2,1-5H3,(H,52,60)(H,55,59)/t29-,33-,39+,43-,45?/m1/s1. The summed E-state index contributed by atoms with van der Waals surface area (Å²) in [4.78, 5) is 57.1. The Morgan fingerprint density at radius 3 is 2.48 bits per heavy atom. The van der Waals surface area contributed by atoms with Crippen LogP contribution in [-0.2, 0) is 36.8 Å². The van der Waals surface area contributed by atoms with Crippen molar-refractivity contribution in [3.8, 4) is 16.2 Å². The van der Waals surface area contributed by atoms with Gasteiger partial charge in [0.25, 0.3) is 6.43 Å². The minimum atomic E-state index is -2.49. The van der Waals surface area contributed by atoms with Crippen LogP contribution in [0.4, 0.5) is 8.78 Å². The highest BCUT2D eigenvalue weighted by molar-refractivity contribution is 7.13. The predicted molar refractivity (Wildman–Crippen MR) is 244 cm³/mol. The zero-order valence-corrected chi connectivity index (χ0v) is 38.3. The number of benzene rings is 2. The highest BCUT2D eigenvalue weighted by Crippen LogP contribution is 2.40. The molecule has 1 fully saturated rings. The van der Waals surface area contributed by atoms with Crippen molar-refractivity contribution in [3.05, 3.63) is 101 Å². The Balaban J connectivity index is 0.816. The number of aliphatic hydroxyl groups excluding tert-OH is 1. The summed E-state index contributed by atoms with van der Waals surface area (Å²) in [6, 6.07) is 17.0. The van der Waals surface area contributed by atoms with Crippen LogP contribution in [0.1, 0.15) is 74.8 Å². The number of carbonyl (C=O) groups excluding carboxylic acids is 3. The van der Waals surface area contributed by atoms with Gasteiger partial charge in [0.2, 0.25) is 17.7 Å². The van der Waals surface area contributed by atoms with Crippen molar-refractivity contribution < 1.29 is 42.5 Å². The lowest BCUT2D eigenvalue weighted by molar-refractivity contribution is -0.144. The third kappa shape index (κ3) is 11.7. The molecular formula is C48H59F2N7O7S. The number of nitrogens with one attached hydrogen (secondary N) is 3. The maximum atomic E-state index is 14.0. The zero-order valence-electron chi connectivity index (χ0n) is 37.5. The number of nitrogens with zero attached hydrogens (tertiary/aromatic N) is 4. The molecule has 5 heterocycles. The Morgan fingerprint density at radius 2 is 1.77 bits per heavy atom. The first-order chi connectivity index (χ1) is 31.2. The van der Waals surface area contributed by atoms with Crippen molar-refractivity contribution in [2.24, 2.45) is 5.41 Å². The summed E-state index contributed by atoms with van der Waals surface area (Å²) in [5.41, 5.74) is 7.64. The molecule has 2 aromatic carbocycles. The molecule has 17 heteroatoms. The molecule has 0 saturated carbocycles. The van der Waals surface area contributed by atoms with E-state index in [1.807, 2.05) is 93.6 Å². The van der Waals surface area contributed by atoms with Crippen LogP contribution in [0.3, 0.4) is 0 Å². The van der Waals surface area contributed by atoms with Gasteiger partial charge in [-0.05, 0) is 67.0 Å². The Kier molecular flexibility index (Phi) is 15.6. The second kappa shape index (κ2) is 21.3.